The van der Waals surface area contributed by atoms with Crippen molar-refractivity contribution < 1.29 is 24.5 Å². The largest absolute Gasteiger partial charge is 0.481 e. The van der Waals surface area contributed by atoms with Crippen molar-refractivity contribution >= 4 is 11.9 Å². The summed E-state index contributed by atoms with van der Waals surface area (Å²) in [4.78, 5) is 21.1. The maximum Gasteiger partial charge on any atom is 0.306 e. The molecule has 0 aliphatic rings. The Morgan fingerprint density at radius 2 is 1.86 bits per heavy atom. The molecule has 0 radical (unpaired) electrons. The number of aliphatic carboxylic acids is 1. The molecule has 0 aromatic heterocycles. The number of aliphatic hydroxyl groups excluding tert-OH is 1. The Kier molecular flexibility index (Phi) is 6.74. The molecule has 0 saturated heterocycles. The lowest BCUT2D eigenvalue weighted by Gasteiger charge is -2.09. The molecule has 1 atom stereocenters. The lowest BCUT2D eigenvalue weighted by Crippen LogP contribution is -2.18. The van der Waals surface area contributed by atoms with Crippen LogP contribution in [-0.4, -0.2) is 34.9 Å². The van der Waals surface area contributed by atoms with Gasteiger partial charge >= 0.3 is 11.9 Å². The molecule has 0 amide bonds. The van der Waals surface area contributed by atoms with Crippen LogP contribution in [0.3, 0.4) is 0 Å². The first-order valence-corrected chi connectivity index (χ1v) is 4.58. The minimum atomic E-state index is -0.859. The molecule has 0 aliphatic heterocycles. The molecule has 0 bridgehead atoms. The van der Waals surface area contributed by atoms with Crippen LogP contribution in [0.4, 0.5) is 0 Å². The van der Waals surface area contributed by atoms with Gasteiger partial charge in [-0.25, -0.2) is 0 Å². The molecule has 0 aromatic rings. The summed E-state index contributed by atoms with van der Waals surface area (Å²) < 4.78 is 4.77. The van der Waals surface area contributed by atoms with Crippen molar-refractivity contribution in [2.45, 2.75) is 38.7 Å². The van der Waals surface area contributed by atoms with Crippen LogP contribution in [0.5, 0.6) is 0 Å². The highest BCUT2D eigenvalue weighted by Crippen LogP contribution is 2.02. The van der Waals surface area contributed by atoms with E-state index < -0.39 is 18.0 Å². The van der Waals surface area contributed by atoms with Crippen LogP contribution < -0.4 is 0 Å². The fraction of sp³-hybridized carbons (Fsp3) is 0.778. The molecule has 2 N–H and O–H groups in total. The lowest BCUT2D eigenvalue weighted by molar-refractivity contribution is -0.150. The van der Waals surface area contributed by atoms with E-state index in [9.17, 15) is 9.59 Å². The van der Waals surface area contributed by atoms with Crippen LogP contribution in [0.1, 0.15) is 32.6 Å². The van der Waals surface area contributed by atoms with Gasteiger partial charge in [-0.1, -0.05) is 0 Å². The van der Waals surface area contributed by atoms with Gasteiger partial charge in [-0.05, 0) is 19.8 Å². The Hall–Kier alpha value is -1.10. The van der Waals surface area contributed by atoms with Gasteiger partial charge in [0.05, 0.1) is 6.61 Å². The fourth-order valence-electron chi connectivity index (χ4n) is 0.866. The van der Waals surface area contributed by atoms with Gasteiger partial charge < -0.3 is 14.9 Å². The Bertz CT molecular complexity index is 190. The molecule has 0 spiro atoms. The molecule has 0 saturated carbocycles. The number of hydrogen-bond acceptors (Lipinski definition) is 4. The minimum Gasteiger partial charge on any atom is -0.481 e. The van der Waals surface area contributed by atoms with Crippen molar-refractivity contribution in [2.24, 2.45) is 0 Å². The van der Waals surface area contributed by atoms with Crippen molar-refractivity contribution in [2.75, 3.05) is 6.61 Å². The van der Waals surface area contributed by atoms with E-state index in [1.807, 2.05) is 0 Å². The summed E-state index contributed by atoms with van der Waals surface area (Å²) >= 11 is 0. The average Bonchev–Trinajstić information content (AvgIpc) is 2.12. The number of esters is 1. The third kappa shape index (κ3) is 7.54. The molecule has 0 aliphatic carbocycles. The van der Waals surface area contributed by atoms with Crippen molar-refractivity contribution in [1.82, 2.24) is 0 Å². The van der Waals surface area contributed by atoms with Crippen LogP contribution in [0.2, 0.25) is 0 Å². The van der Waals surface area contributed by atoms with Crippen molar-refractivity contribution in [3.8, 4) is 0 Å². The Morgan fingerprint density at radius 1 is 1.29 bits per heavy atom. The third-order valence-corrected chi connectivity index (χ3v) is 1.61. The van der Waals surface area contributed by atoms with E-state index in [0.717, 1.165) is 0 Å². The third-order valence-electron chi connectivity index (χ3n) is 1.61. The first-order valence-electron chi connectivity index (χ1n) is 4.58. The molecular formula is C9H16O5. The van der Waals surface area contributed by atoms with E-state index in [1.165, 1.54) is 0 Å². The number of carboxylic acid groups (broad SMARTS) is 1. The molecule has 0 fully saturated rings. The number of ether oxygens (including phenoxy) is 1. The maximum atomic E-state index is 11.0. The first-order chi connectivity index (χ1) is 6.56. The van der Waals surface area contributed by atoms with Gasteiger partial charge in [0.25, 0.3) is 0 Å². The number of carboxylic acids is 1. The highest BCUT2D eigenvalue weighted by molar-refractivity contribution is 5.70. The quantitative estimate of drug-likeness (QED) is 0.467. The molecular weight excluding hydrogens is 188 g/mol. The van der Waals surface area contributed by atoms with Crippen LogP contribution in [-0.2, 0) is 14.3 Å². The van der Waals surface area contributed by atoms with Crippen molar-refractivity contribution in [3.05, 3.63) is 0 Å². The zero-order valence-electron chi connectivity index (χ0n) is 8.23. The molecule has 1 unspecified atom stereocenters. The Balaban J connectivity index is 3.40. The van der Waals surface area contributed by atoms with E-state index in [-0.39, 0.29) is 19.4 Å². The predicted molar refractivity (Wildman–Crippen MR) is 48.7 cm³/mol. The van der Waals surface area contributed by atoms with E-state index in [4.69, 9.17) is 14.9 Å². The van der Waals surface area contributed by atoms with Gasteiger partial charge in [0, 0.05) is 12.8 Å². The topological polar surface area (TPSA) is 83.8 Å². The molecule has 0 heterocycles. The highest BCUT2D eigenvalue weighted by atomic mass is 16.5. The Morgan fingerprint density at radius 3 is 2.36 bits per heavy atom. The standard InChI is InChI=1S/C9H16O5/c1-7(6-10)14-9(13)5-3-2-4-8(11)12/h7,10H,2-6H2,1H3,(H,11,12). The van der Waals surface area contributed by atoms with E-state index >= 15 is 0 Å². The van der Waals surface area contributed by atoms with Crippen LogP contribution in [0.25, 0.3) is 0 Å². The normalized spacial score (nSPS) is 12.1. The van der Waals surface area contributed by atoms with Gasteiger partial charge in [0.15, 0.2) is 0 Å². The lowest BCUT2D eigenvalue weighted by atomic mass is 10.2. The fourth-order valence-corrected chi connectivity index (χ4v) is 0.866. The number of hydrogen-bond donors (Lipinski definition) is 2. The summed E-state index contributed by atoms with van der Waals surface area (Å²) in [6.45, 7) is 1.40. The molecule has 0 aromatic carbocycles. The number of carbonyl (C=O) groups is 2. The monoisotopic (exact) mass is 204 g/mol. The van der Waals surface area contributed by atoms with Crippen LogP contribution >= 0.6 is 0 Å². The van der Waals surface area contributed by atoms with E-state index in [1.54, 1.807) is 6.92 Å². The summed E-state index contributed by atoms with van der Waals surface area (Å²) in [5.74, 6) is -1.25. The molecule has 0 rings (SSSR count). The van der Waals surface area contributed by atoms with Gasteiger partial charge in [-0.2, -0.15) is 0 Å². The maximum absolute atomic E-state index is 11.0. The summed E-state index contributed by atoms with van der Waals surface area (Å²) in [5.41, 5.74) is 0. The van der Waals surface area contributed by atoms with Crippen LogP contribution in [0, 0.1) is 0 Å². The second kappa shape index (κ2) is 7.32. The first kappa shape index (κ1) is 12.9. The number of aliphatic hydroxyl groups is 1. The average molecular weight is 204 g/mol. The summed E-state index contributed by atoms with van der Waals surface area (Å²) in [6.07, 6.45) is 0.767. The van der Waals surface area contributed by atoms with Crippen LogP contribution in [0.15, 0.2) is 0 Å². The molecule has 5 nitrogen and oxygen atoms in total. The second-order valence-electron chi connectivity index (χ2n) is 3.08. The number of rotatable bonds is 7. The smallest absolute Gasteiger partial charge is 0.306 e. The number of carbonyl (C=O) groups excluding carboxylic acids is 1. The van der Waals surface area contributed by atoms with E-state index in [2.05, 4.69) is 0 Å². The number of unbranched alkanes of at least 4 members (excludes halogenated alkanes) is 1. The van der Waals surface area contributed by atoms with Gasteiger partial charge in [-0.15, -0.1) is 0 Å². The van der Waals surface area contributed by atoms with Gasteiger partial charge in [-0.3, -0.25) is 9.59 Å². The van der Waals surface area contributed by atoms with Gasteiger partial charge in [0.1, 0.15) is 6.10 Å². The second-order valence-corrected chi connectivity index (χ2v) is 3.08. The summed E-state index contributed by atoms with van der Waals surface area (Å²) in [5, 5.41) is 16.9. The van der Waals surface area contributed by atoms with Crippen molar-refractivity contribution in [3.63, 3.8) is 0 Å². The minimum absolute atomic E-state index is 0.0723. The molecule has 5 heteroatoms. The summed E-state index contributed by atoms with van der Waals surface area (Å²) in [6, 6.07) is 0. The highest BCUT2D eigenvalue weighted by Gasteiger charge is 2.08. The molecule has 14 heavy (non-hydrogen) atoms. The zero-order chi connectivity index (χ0) is 11.0. The zero-order valence-corrected chi connectivity index (χ0v) is 8.23. The SMILES string of the molecule is CC(CO)OC(=O)CCCCC(=O)O. The van der Waals surface area contributed by atoms with Gasteiger partial charge in [0.2, 0.25) is 0 Å². The Labute approximate surface area is 82.7 Å². The predicted octanol–water partition coefficient (Wildman–Crippen LogP) is 0.555. The van der Waals surface area contributed by atoms with Crippen molar-refractivity contribution in [1.29, 1.82) is 0 Å². The summed E-state index contributed by atoms with van der Waals surface area (Å²) in [7, 11) is 0. The molecule has 82 valence electrons. The van der Waals surface area contributed by atoms with E-state index in [0.29, 0.717) is 12.8 Å².